The van der Waals surface area contributed by atoms with Crippen molar-refractivity contribution in [2.24, 2.45) is 17.8 Å². The second kappa shape index (κ2) is 8.06. The van der Waals surface area contributed by atoms with Crippen LogP contribution in [0.4, 0.5) is 8.78 Å². The first-order valence-corrected chi connectivity index (χ1v) is 10.6. The van der Waals surface area contributed by atoms with Crippen molar-refractivity contribution in [2.45, 2.75) is 46.0 Å². The minimum atomic E-state index is -0.919. The van der Waals surface area contributed by atoms with E-state index >= 15 is 0 Å². The van der Waals surface area contributed by atoms with E-state index < -0.39 is 11.6 Å². The predicted octanol–water partition coefficient (Wildman–Crippen LogP) is 7.26. The summed E-state index contributed by atoms with van der Waals surface area (Å²) in [5.74, 6) is 0.526. The van der Waals surface area contributed by atoms with Crippen molar-refractivity contribution in [3.05, 3.63) is 59.7 Å². The van der Waals surface area contributed by atoms with Crippen LogP contribution in [0.15, 0.2) is 42.5 Å². The van der Waals surface area contributed by atoms with E-state index in [1.807, 2.05) is 12.1 Å². The lowest BCUT2D eigenvalue weighted by molar-refractivity contribution is 0.314. The van der Waals surface area contributed by atoms with E-state index in [0.29, 0.717) is 18.1 Å². The largest absolute Gasteiger partial charge is 0.491 e. The second-order valence-corrected chi connectivity index (χ2v) is 8.04. The number of rotatable bonds is 6. The maximum atomic E-state index is 14.5. The molecule has 2 aliphatic carbocycles. The maximum Gasteiger partial charge on any atom is 0.201 e. The van der Waals surface area contributed by atoms with Gasteiger partial charge in [0.2, 0.25) is 5.82 Å². The van der Waals surface area contributed by atoms with Gasteiger partial charge in [-0.05, 0) is 72.8 Å². The Morgan fingerprint density at radius 3 is 2.39 bits per heavy atom. The van der Waals surface area contributed by atoms with Gasteiger partial charge in [-0.2, -0.15) is 4.39 Å². The fourth-order valence-corrected chi connectivity index (χ4v) is 5.23. The lowest BCUT2D eigenvalue weighted by Crippen LogP contribution is -2.10. The second-order valence-electron chi connectivity index (χ2n) is 8.04. The number of fused-ring (bicyclic) bond motifs is 1. The highest BCUT2D eigenvalue weighted by Crippen LogP contribution is 2.52. The van der Waals surface area contributed by atoms with Crippen LogP contribution >= 0.6 is 0 Å². The molecule has 3 atom stereocenters. The first-order chi connectivity index (χ1) is 13.6. The van der Waals surface area contributed by atoms with Crippen molar-refractivity contribution in [2.75, 3.05) is 6.61 Å². The van der Waals surface area contributed by atoms with Gasteiger partial charge in [-0.1, -0.05) is 50.1 Å². The van der Waals surface area contributed by atoms with Gasteiger partial charge in [0.05, 0.1) is 6.61 Å². The summed E-state index contributed by atoms with van der Waals surface area (Å²) in [6.45, 7) is 4.33. The van der Waals surface area contributed by atoms with Crippen molar-refractivity contribution in [3.8, 4) is 16.9 Å². The average Bonchev–Trinajstić information content (AvgIpc) is 3.29. The smallest absolute Gasteiger partial charge is 0.201 e. The third kappa shape index (κ3) is 3.36. The molecule has 1 fully saturated rings. The molecule has 0 amide bonds. The Kier molecular flexibility index (Phi) is 5.52. The van der Waals surface area contributed by atoms with Crippen LogP contribution in [0.1, 0.15) is 51.5 Å². The van der Waals surface area contributed by atoms with Gasteiger partial charge >= 0.3 is 0 Å². The molecule has 28 heavy (non-hydrogen) atoms. The normalized spacial score (nSPS) is 23.6. The van der Waals surface area contributed by atoms with Crippen LogP contribution in [0, 0.1) is 29.4 Å². The summed E-state index contributed by atoms with van der Waals surface area (Å²) in [5, 5.41) is 0. The molecule has 3 heteroatoms. The SMILES string of the molecule is CCCC1CC[C@H]2C(c3ccc(-c4ccc(OCC)c(F)c4F)cc3)=CC[C@@H]12. The third-order valence-corrected chi connectivity index (χ3v) is 6.52. The fourth-order valence-electron chi connectivity index (χ4n) is 5.23. The fraction of sp³-hybridized carbons (Fsp3) is 0.440. The quantitative estimate of drug-likeness (QED) is 0.511. The average molecular weight is 382 g/mol. The van der Waals surface area contributed by atoms with Crippen LogP contribution in [-0.2, 0) is 0 Å². The molecule has 0 saturated heterocycles. The lowest BCUT2D eigenvalue weighted by Gasteiger charge is -2.19. The van der Waals surface area contributed by atoms with Crippen LogP contribution in [0.2, 0.25) is 0 Å². The van der Waals surface area contributed by atoms with E-state index in [1.54, 1.807) is 13.0 Å². The zero-order valence-corrected chi connectivity index (χ0v) is 16.7. The molecular formula is C25H28F2O. The Hall–Kier alpha value is -2.16. The summed E-state index contributed by atoms with van der Waals surface area (Å²) in [6.07, 6.45) is 8.82. The summed E-state index contributed by atoms with van der Waals surface area (Å²) in [4.78, 5) is 0. The minimum Gasteiger partial charge on any atom is -0.491 e. The van der Waals surface area contributed by atoms with Gasteiger partial charge in [-0.25, -0.2) is 4.39 Å². The highest BCUT2D eigenvalue weighted by molar-refractivity contribution is 5.73. The zero-order chi connectivity index (χ0) is 19.7. The van der Waals surface area contributed by atoms with Crippen molar-refractivity contribution in [1.29, 1.82) is 0 Å². The molecule has 148 valence electrons. The van der Waals surface area contributed by atoms with Crippen molar-refractivity contribution in [1.82, 2.24) is 0 Å². The number of hydrogen-bond acceptors (Lipinski definition) is 1. The molecule has 0 heterocycles. The first kappa shape index (κ1) is 19.2. The van der Waals surface area contributed by atoms with Gasteiger partial charge in [0.1, 0.15) is 0 Å². The van der Waals surface area contributed by atoms with Gasteiger partial charge in [0.15, 0.2) is 11.6 Å². The third-order valence-electron chi connectivity index (χ3n) is 6.52. The van der Waals surface area contributed by atoms with Crippen LogP contribution in [-0.4, -0.2) is 6.61 Å². The van der Waals surface area contributed by atoms with Crippen LogP contribution in [0.5, 0.6) is 5.75 Å². The topological polar surface area (TPSA) is 9.23 Å². The Labute approximate surface area is 166 Å². The van der Waals surface area contributed by atoms with E-state index in [0.717, 1.165) is 11.8 Å². The van der Waals surface area contributed by atoms with Crippen molar-refractivity contribution < 1.29 is 13.5 Å². The van der Waals surface area contributed by atoms with E-state index in [4.69, 9.17) is 4.74 Å². The summed E-state index contributed by atoms with van der Waals surface area (Å²) >= 11 is 0. The molecule has 1 unspecified atom stereocenters. The van der Waals surface area contributed by atoms with Crippen molar-refractivity contribution >= 4 is 5.57 Å². The molecule has 4 rings (SSSR count). The number of benzene rings is 2. The summed E-state index contributed by atoms with van der Waals surface area (Å²) in [5.41, 5.74) is 3.64. The minimum absolute atomic E-state index is 0.0367. The Morgan fingerprint density at radius 2 is 1.68 bits per heavy atom. The Bertz CT molecular complexity index is 869. The molecular weight excluding hydrogens is 354 g/mol. The highest BCUT2D eigenvalue weighted by atomic mass is 19.2. The molecule has 2 aromatic rings. The standard InChI is InChI=1S/C25H28F2O/c1-3-5-16-10-11-22-19(16)12-13-20(22)17-6-8-18(9-7-17)21-14-15-23(28-4-2)25(27)24(21)26/h6-9,13-16,19,22H,3-5,10-12H2,1-2H3/t16?,19-,22+/m0/s1. The highest BCUT2D eigenvalue weighted by Gasteiger charge is 2.40. The number of ether oxygens (including phenoxy) is 1. The van der Waals surface area contributed by atoms with E-state index in [-0.39, 0.29) is 11.3 Å². The van der Waals surface area contributed by atoms with Gasteiger partial charge in [0, 0.05) is 5.56 Å². The molecule has 0 radical (unpaired) electrons. The van der Waals surface area contributed by atoms with Crippen LogP contribution in [0.25, 0.3) is 16.7 Å². The first-order valence-electron chi connectivity index (χ1n) is 10.6. The zero-order valence-electron chi connectivity index (χ0n) is 16.7. The lowest BCUT2D eigenvalue weighted by atomic mass is 9.85. The van der Waals surface area contributed by atoms with Gasteiger partial charge in [-0.3, -0.25) is 0 Å². The molecule has 2 aromatic carbocycles. The van der Waals surface area contributed by atoms with E-state index in [9.17, 15) is 8.78 Å². The van der Waals surface area contributed by atoms with Crippen LogP contribution < -0.4 is 4.74 Å². The summed E-state index contributed by atoms with van der Waals surface area (Å²) in [7, 11) is 0. The Morgan fingerprint density at radius 1 is 0.929 bits per heavy atom. The molecule has 0 aliphatic heterocycles. The molecule has 1 saturated carbocycles. The van der Waals surface area contributed by atoms with Gasteiger partial charge in [0.25, 0.3) is 0 Å². The van der Waals surface area contributed by atoms with E-state index in [2.05, 4.69) is 25.1 Å². The molecule has 1 nitrogen and oxygen atoms in total. The molecule has 0 spiro atoms. The number of halogens is 2. The maximum absolute atomic E-state index is 14.5. The molecule has 0 aromatic heterocycles. The number of hydrogen-bond donors (Lipinski definition) is 0. The molecule has 0 bridgehead atoms. The molecule has 0 N–H and O–H groups in total. The van der Waals surface area contributed by atoms with Crippen molar-refractivity contribution in [3.63, 3.8) is 0 Å². The monoisotopic (exact) mass is 382 g/mol. The summed E-state index contributed by atoms with van der Waals surface area (Å²) < 4.78 is 33.8. The predicted molar refractivity (Wildman–Crippen MR) is 110 cm³/mol. The van der Waals surface area contributed by atoms with Gasteiger partial charge in [-0.15, -0.1) is 0 Å². The van der Waals surface area contributed by atoms with Gasteiger partial charge < -0.3 is 4.74 Å². The number of allylic oxidation sites excluding steroid dienone is 2. The van der Waals surface area contributed by atoms with Crippen LogP contribution in [0.3, 0.4) is 0 Å². The Balaban J connectivity index is 1.55. The molecule has 2 aliphatic rings. The summed E-state index contributed by atoms with van der Waals surface area (Å²) in [6, 6.07) is 11.0. The van der Waals surface area contributed by atoms with E-state index in [1.165, 1.54) is 49.3 Å².